The van der Waals surface area contributed by atoms with Gasteiger partial charge in [-0.1, -0.05) is 0 Å². The van der Waals surface area contributed by atoms with Crippen LogP contribution in [0.25, 0.3) is 0 Å². The molecule has 0 spiro atoms. The Morgan fingerprint density at radius 2 is 1.84 bits per heavy atom. The summed E-state index contributed by atoms with van der Waals surface area (Å²) in [6.45, 7) is 9.15. The van der Waals surface area contributed by atoms with Crippen LogP contribution < -0.4 is 11.1 Å². The van der Waals surface area contributed by atoms with Gasteiger partial charge < -0.3 is 11.1 Å². The molecule has 1 fully saturated rings. The second-order valence-corrected chi connectivity index (χ2v) is 6.73. The van der Waals surface area contributed by atoms with Gasteiger partial charge in [0.2, 0.25) is 5.95 Å². The van der Waals surface area contributed by atoms with Gasteiger partial charge in [0, 0.05) is 23.3 Å². The molecule has 2 heterocycles. The predicted molar refractivity (Wildman–Crippen MR) is 79.0 cm³/mol. The molecule has 0 aliphatic carbocycles. The molecule has 1 saturated heterocycles. The lowest BCUT2D eigenvalue weighted by Gasteiger charge is -2.53. The average molecular weight is 263 g/mol. The normalized spacial score (nSPS) is 23.2. The number of hydrogen-bond acceptors (Lipinski definition) is 5. The SMILES string of the molecule is CN1C(C)(C)CC(Nc2ccnc(N)n2)CC1(C)C. The summed E-state index contributed by atoms with van der Waals surface area (Å²) in [5.74, 6) is 1.13. The van der Waals surface area contributed by atoms with Gasteiger partial charge in [0.05, 0.1) is 0 Å². The summed E-state index contributed by atoms with van der Waals surface area (Å²) >= 11 is 0. The number of likely N-dealkylation sites (tertiary alicyclic amines) is 1. The van der Waals surface area contributed by atoms with E-state index in [1.165, 1.54) is 0 Å². The van der Waals surface area contributed by atoms with Crippen molar-refractivity contribution in [1.82, 2.24) is 14.9 Å². The van der Waals surface area contributed by atoms with Crippen LogP contribution in [0.2, 0.25) is 0 Å². The summed E-state index contributed by atoms with van der Waals surface area (Å²) in [5.41, 5.74) is 5.95. The molecular weight excluding hydrogens is 238 g/mol. The van der Waals surface area contributed by atoms with Crippen LogP contribution in [0.3, 0.4) is 0 Å². The minimum atomic E-state index is 0.165. The summed E-state index contributed by atoms with van der Waals surface area (Å²) < 4.78 is 0. The summed E-state index contributed by atoms with van der Waals surface area (Å²) in [5, 5.41) is 3.50. The van der Waals surface area contributed by atoms with Crippen LogP contribution in [0, 0.1) is 0 Å². The fourth-order valence-electron chi connectivity index (χ4n) is 3.14. The molecule has 3 N–H and O–H groups in total. The van der Waals surface area contributed by atoms with Crippen LogP contribution in [0.4, 0.5) is 11.8 Å². The van der Waals surface area contributed by atoms with Crippen molar-refractivity contribution in [3.8, 4) is 0 Å². The maximum Gasteiger partial charge on any atom is 0.221 e. The first-order valence-corrected chi connectivity index (χ1v) is 6.80. The fourth-order valence-corrected chi connectivity index (χ4v) is 3.14. The summed E-state index contributed by atoms with van der Waals surface area (Å²) in [4.78, 5) is 10.6. The van der Waals surface area contributed by atoms with E-state index < -0.39 is 0 Å². The van der Waals surface area contributed by atoms with E-state index in [0.717, 1.165) is 18.7 Å². The third-order valence-electron chi connectivity index (χ3n) is 4.33. The highest BCUT2D eigenvalue weighted by atomic mass is 15.2. The molecule has 106 valence electrons. The van der Waals surface area contributed by atoms with Gasteiger partial charge in [0.15, 0.2) is 0 Å². The topological polar surface area (TPSA) is 67.1 Å². The van der Waals surface area contributed by atoms with Crippen molar-refractivity contribution in [2.75, 3.05) is 18.1 Å². The molecule has 0 unspecified atom stereocenters. The van der Waals surface area contributed by atoms with E-state index >= 15 is 0 Å². The third-order valence-corrected chi connectivity index (χ3v) is 4.33. The van der Waals surface area contributed by atoms with Crippen molar-refractivity contribution in [2.24, 2.45) is 0 Å². The standard InChI is InChI=1S/C14H25N5/c1-13(2)8-10(9-14(3,4)19(13)5)17-11-6-7-16-12(15)18-11/h6-7,10H,8-9H2,1-5H3,(H3,15,16,17,18). The number of piperidine rings is 1. The van der Waals surface area contributed by atoms with Crippen molar-refractivity contribution in [3.05, 3.63) is 12.3 Å². The molecule has 0 amide bonds. The lowest BCUT2D eigenvalue weighted by Crippen LogP contribution is -2.61. The maximum absolute atomic E-state index is 5.62. The molecule has 1 aromatic heterocycles. The zero-order valence-electron chi connectivity index (χ0n) is 12.6. The molecule has 0 radical (unpaired) electrons. The molecule has 0 saturated carbocycles. The second-order valence-electron chi connectivity index (χ2n) is 6.73. The van der Waals surface area contributed by atoms with E-state index in [1.807, 2.05) is 6.07 Å². The average Bonchev–Trinajstić information content (AvgIpc) is 2.25. The monoisotopic (exact) mass is 263 g/mol. The van der Waals surface area contributed by atoms with Crippen LogP contribution in [0.5, 0.6) is 0 Å². The number of aromatic nitrogens is 2. The van der Waals surface area contributed by atoms with Crippen LogP contribution in [-0.2, 0) is 0 Å². The number of nitrogen functional groups attached to an aromatic ring is 1. The predicted octanol–water partition coefficient (Wildman–Crippen LogP) is 2.12. The van der Waals surface area contributed by atoms with E-state index in [-0.39, 0.29) is 11.1 Å². The number of nitrogens with zero attached hydrogens (tertiary/aromatic N) is 3. The highest BCUT2D eigenvalue weighted by molar-refractivity contribution is 5.38. The van der Waals surface area contributed by atoms with E-state index in [2.05, 4.69) is 54.9 Å². The van der Waals surface area contributed by atoms with Crippen molar-refractivity contribution in [2.45, 2.75) is 57.7 Å². The minimum absolute atomic E-state index is 0.165. The molecule has 5 nitrogen and oxygen atoms in total. The van der Waals surface area contributed by atoms with Gasteiger partial charge in [-0.3, -0.25) is 4.90 Å². The highest BCUT2D eigenvalue weighted by Crippen LogP contribution is 2.37. The third kappa shape index (κ3) is 2.97. The van der Waals surface area contributed by atoms with Crippen molar-refractivity contribution in [1.29, 1.82) is 0 Å². The van der Waals surface area contributed by atoms with Gasteiger partial charge in [-0.2, -0.15) is 4.98 Å². The maximum atomic E-state index is 5.62. The fraction of sp³-hybridized carbons (Fsp3) is 0.714. The van der Waals surface area contributed by atoms with Gasteiger partial charge >= 0.3 is 0 Å². The van der Waals surface area contributed by atoms with Crippen molar-refractivity contribution in [3.63, 3.8) is 0 Å². The summed E-state index contributed by atoms with van der Waals surface area (Å²) in [7, 11) is 2.21. The molecule has 0 aromatic carbocycles. The molecule has 5 heteroatoms. The van der Waals surface area contributed by atoms with E-state index in [0.29, 0.717) is 12.0 Å². The number of nitrogens with two attached hydrogens (primary N) is 1. The van der Waals surface area contributed by atoms with Gasteiger partial charge in [0.25, 0.3) is 0 Å². The van der Waals surface area contributed by atoms with Gasteiger partial charge in [-0.25, -0.2) is 4.98 Å². The lowest BCUT2D eigenvalue weighted by molar-refractivity contribution is -0.00772. The smallest absolute Gasteiger partial charge is 0.221 e. The number of nitrogens with one attached hydrogen (secondary N) is 1. The van der Waals surface area contributed by atoms with Gasteiger partial charge in [0.1, 0.15) is 5.82 Å². The number of rotatable bonds is 2. The Morgan fingerprint density at radius 1 is 1.26 bits per heavy atom. The summed E-state index contributed by atoms with van der Waals surface area (Å²) in [6, 6.07) is 2.27. The van der Waals surface area contributed by atoms with E-state index in [1.54, 1.807) is 6.20 Å². The molecule has 2 rings (SSSR count). The zero-order valence-corrected chi connectivity index (χ0v) is 12.6. The minimum Gasteiger partial charge on any atom is -0.368 e. The van der Waals surface area contributed by atoms with Crippen molar-refractivity contribution < 1.29 is 0 Å². The quantitative estimate of drug-likeness (QED) is 0.855. The first-order valence-electron chi connectivity index (χ1n) is 6.80. The highest BCUT2D eigenvalue weighted by Gasteiger charge is 2.42. The van der Waals surface area contributed by atoms with E-state index in [4.69, 9.17) is 5.73 Å². The van der Waals surface area contributed by atoms with Crippen LogP contribution in [-0.4, -0.2) is 39.0 Å². The van der Waals surface area contributed by atoms with E-state index in [9.17, 15) is 0 Å². The Morgan fingerprint density at radius 3 is 2.37 bits per heavy atom. The first-order chi connectivity index (χ1) is 8.71. The molecule has 19 heavy (non-hydrogen) atoms. The zero-order chi connectivity index (χ0) is 14.3. The van der Waals surface area contributed by atoms with Crippen LogP contribution in [0.1, 0.15) is 40.5 Å². The van der Waals surface area contributed by atoms with Crippen LogP contribution in [0.15, 0.2) is 12.3 Å². The Labute approximate surface area is 115 Å². The Balaban J connectivity index is 2.14. The number of hydrogen-bond donors (Lipinski definition) is 2. The molecule has 1 aliphatic rings. The van der Waals surface area contributed by atoms with Crippen LogP contribution >= 0.6 is 0 Å². The molecule has 1 aromatic rings. The first kappa shape index (κ1) is 14.1. The molecular formula is C14H25N5. The van der Waals surface area contributed by atoms with Gasteiger partial charge in [-0.05, 0) is 53.7 Å². The Bertz CT molecular complexity index is 437. The number of anilines is 2. The van der Waals surface area contributed by atoms with Gasteiger partial charge in [-0.15, -0.1) is 0 Å². The Kier molecular flexibility index (Phi) is 3.43. The lowest BCUT2D eigenvalue weighted by atomic mass is 9.77. The Hall–Kier alpha value is -1.36. The molecule has 1 aliphatic heterocycles. The van der Waals surface area contributed by atoms with Crippen molar-refractivity contribution >= 4 is 11.8 Å². The molecule has 0 atom stereocenters. The molecule has 0 bridgehead atoms. The summed E-state index contributed by atoms with van der Waals surface area (Å²) in [6.07, 6.45) is 3.85. The second kappa shape index (κ2) is 4.63. The largest absolute Gasteiger partial charge is 0.368 e.